The number of aromatic hydroxyl groups is 1. The summed E-state index contributed by atoms with van der Waals surface area (Å²) in [6.45, 7) is 0. The van der Waals surface area contributed by atoms with Crippen molar-refractivity contribution >= 4 is 22.7 Å². The number of phenols is 1. The SMILES string of the molecule is Oc1ccc(C2=CCC(=S)C=C2)cc1. The minimum atomic E-state index is 0.296. The van der Waals surface area contributed by atoms with Gasteiger partial charge in [-0.1, -0.05) is 36.5 Å². The van der Waals surface area contributed by atoms with E-state index in [1.54, 1.807) is 12.1 Å². The van der Waals surface area contributed by atoms with Crippen LogP contribution in [0.4, 0.5) is 0 Å². The van der Waals surface area contributed by atoms with E-state index in [9.17, 15) is 0 Å². The zero-order valence-corrected chi connectivity index (χ0v) is 8.42. The molecule has 2 heteroatoms. The van der Waals surface area contributed by atoms with Crippen molar-refractivity contribution in [2.24, 2.45) is 0 Å². The van der Waals surface area contributed by atoms with Crippen LogP contribution in [0.1, 0.15) is 12.0 Å². The third-order valence-corrected chi connectivity index (χ3v) is 2.48. The molecule has 1 aromatic rings. The number of rotatable bonds is 1. The van der Waals surface area contributed by atoms with Crippen molar-refractivity contribution in [1.82, 2.24) is 0 Å². The normalized spacial score (nSPS) is 15.4. The summed E-state index contributed by atoms with van der Waals surface area (Å²) in [6, 6.07) is 7.19. The Morgan fingerprint density at radius 1 is 1.07 bits per heavy atom. The van der Waals surface area contributed by atoms with E-state index in [0.29, 0.717) is 5.75 Å². The summed E-state index contributed by atoms with van der Waals surface area (Å²) in [7, 11) is 0. The molecule has 1 aromatic carbocycles. The summed E-state index contributed by atoms with van der Waals surface area (Å²) < 4.78 is 0. The van der Waals surface area contributed by atoms with Crippen molar-refractivity contribution in [2.75, 3.05) is 0 Å². The minimum Gasteiger partial charge on any atom is -0.508 e. The van der Waals surface area contributed by atoms with Crippen molar-refractivity contribution in [3.8, 4) is 5.75 Å². The summed E-state index contributed by atoms with van der Waals surface area (Å²) in [6.07, 6.45) is 6.91. The van der Waals surface area contributed by atoms with Crippen LogP contribution in [0.25, 0.3) is 5.57 Å². The lowest BCUT2D eigenvalue weighted by atomic mass is 10.00. The number of hydrogen-bond donors (Lipinski definition) is 1. The summed E-state index contributed by atoms with van der Waals surface area (Å²) in [5.41, 5.74) is 2.28. The molecule has 1 N–H and O–H groups in total. The van der Waals surface area contributed by atoms with Gasteiger partial charge in [0, 0.05) is 11.3 Å². The van der Waals surface area contributed by atoms with E-state index in [0.717, 1.165) is 16.8 Å². The Bertz CT molecular complexity index is 412. The highest BCUT2D eigenvalue weighted by Gasteiger charge is 2.02. The molecule has 0 saturated carbocycles. The maximum Gasteiger partial charge on any atom is 0.115 e. The summed E-state index contributed by atoms with van der Waals surface area (Å²) >= 11 is 5.06. The van der Waals surface area contributed by atoms with Gasteiger partial charge in [-0.3, -0.25) is 0 Å². The lowest BCUT2D eigenvalue weighted by Gasteiger charge is -2.07. The molecule has 70 valence electrons. The Kier molecular flexibility index (Phi) is 2.46. The zero-order valence-electron chi connectivity index (χ0n) is 7.60. The van der Waals surface area contributed by atoms with E-state index in [1.165, 1.54) is 5.57 Å². The summed E-state index contributed by atoms with van der Waals surface area (Å²) in [4.78, 5) is 0.965. The van der Waals surface area contributed by atoms with Gasteiger partial charge in [-0.05, 0) is 29.3 Å². The maximum absolute atomic E-state index is 9.14. The molecule has 0 spiro atoms. The monoisotopic (exact) mass is 202 g/mol. The third-order valence-electron chi connectivity index (χ3n) is 2.17. The molecule has 1 nitrogen and oxygen atoms in total. The van der Waals surface area contributed by atoms with Gasteiger partial charge in [0.15, 0.2) is 0 Å². The molecule has 0 amide bonds. The number of thiocarbonyl (C=S) groups is 1. The van der Waals surface area contributed by atoms with Gasteiger partial charge >= 0.3 is 0 Å². The van der Waals surface area contributed by atoms with E-state index < -0.39 is 0 Å². The van der Waals surface area contributed by atoms with Crippen molar-refractivity contribution in [3.63, 3.8) is 0 Å². The molecule has 0 unspecified atom stereocenters. The van der Waals surface area contributed by atoms with E-state index in [2.05, 4.69) is 6.08 Å². The lowest BCUT2D eigenvalue weighted by Crippen LogP contribution is -1.93. The van der Waals surface area contributed by atoms with E-state index >= 15 is 0 Å². The van der Waals surface area contributed by atoms with Crippen molar-refractivity contribution in [1.29, 1.82) is 0 Å². The molecule has 0 saturated heterocycles. The lowest BCUT2D eigenvalue weighted by molar-refractivity contribution is 0.475. The molecule has 0 fully saturated rings. The molecule has 0 radical (unpaired) electrons. The quantitative estimate of drug-likeness (QED) is 0.706. The summed E-state index contributed by atoms with van der Waals surface area (Å²) in [5, 5.41) is 9.14. The molecule has 0 bridgehead atoms. The number of benzene rings is 1. The van der Waals surface area contributed by atoms with Gasteiger partial charge < -0.3 is 5.11 Å². The van der Waals surface area contributed by atoms with Crippen LogP contribution in [0.5, 0.6) is 5.75 Å². The predicted octanol–water partition coefficient (Wildman–Crippen LogP) is 3.11. The smallest absolute Gasteiger partial charge is 0.115 e. The molecular weight excluding hydrogens is 192 g/mol. The van der Waals surface area contributed by atoms with E-state index in [4.69, 9.17) is 17.3 Å². The molecular formula is C12H10OS. The Balaban J connectivity index is 2.29. The van der Waals surface area contributed by atoms with Crippen LogP contribution in [-0.4, -0.2) is 9.97 Å². The van der Waals surface area contributed by atoms with Gasteiger partial charge in [0.05, 0.1) is 0 Å². The van der Waals surface area contributed by atoms with Crippen molar-refractivity contribution in [2.45, 2.75) is 6.42 Å². The average Bonchev–Trinajstić information content (AvgIpc) is 2.21. The molecule has 1 aliphatic rings. The van der Waals surface area contributed by atoms with Crippen LogP contribution in [-0.2, 0) is 0 Å². The predicted molar refractivity (Wildman–Crippen MR) is 62.4 cm³/mol. The first-order valence-corrected chi connectivity index (χ1v) is 4.87. The van der Waals surface area contributed by atoms with Gasteiger partial charge in [-0.15, -0.1) is 0 Å². The fraction of sp³-hybridized carbons (Fsp3) is 0.0833. The molecule has 0 heterocycles. The van der Waals surface area contributed by atoms with Gasteiger partial charge in [0.2, 0.25) is 0 Å². The first kappa shape index (κ1) is 9.16. The number of allylic oxidation sites excluding steroid dienone is 4. The molecule has 2 rings (SSSR count). The van der Waals surface area contributed by atoms with Gasteiger partial charge in [-0.25, -0.2) is 0 Å². The van der Waals surface area contributed by atoms with E-state index in [1.807, 2.05) is 24.3 Å². The maximum atomic E-state index is 9.14. The largest absolute Gasteiger partial charge is 0.508 e. The fourth-order valence-electron chi connectivity index (χ4n) is 1.40. The summed E-state index contributed by atoms with van der Waals surface area (Å²) in [5.74, 6) is 0.296. The topological polar surface area (TPSA) is 20.2 Å². The molecule has 0 aromatic heterocycles. The zero-order chi connectivity index (χ0) is 9.97. The Morgan fingerprint density at radius 3 is 2.36 bits per heavy atom. The standard InChI is InChI=1S/C12H10OS/c13-11-5-1-9(2-6-11)10-3-7-12(14)8-4-10/h1-7,13H,8H2. The molecule has 0 aliphatic heterocycles. The second kappa shape index (κ2) is 3.76. The highest BCUT2D eigenvalue weighted by atomic mass is 32.1. The Labute approximate surface area is 88.4 Å². The van der Waals surface area contributed by atoms with E-state index in [-0.39, 0.29) is 0 Å². The van der Waals surface area contributed by atoms with Crippen molar-refractivity contribution in [3.05, 3.63) is 48.1 Å². The van der Waals surface area contributed by atoms with Crippen LogP contribution in [0, 0.1) is 0 Å². The average molecular weight is 202 g/mol. The van der Waals surface area contributed by atoms with Gasteiger partial charge in [-0.2, -0.15) is 0 Å². The number of phenolic OH excluding ortho intramolecular Hbond substituents is 1. The van der Waals surface area contributed by atoms with Crippen LogP contribution in [0.2, 0.25) is 0 Å². The second-order valence-corrected chi connectivity index (χ2v) is 3.73. The van der Waals surface area contributed by atoms with Crippen LogP contribution in [0.15, 0.2) is 42.5 Å². The third kappa shape index (κ3) is 1.91. The van der Waals surface area contributed by atoms with Gasteiger partial charge in [0.1, 0.15) is 5.75 Å². The van der Waals surface area contributed by atoms with Crippen LogP contribution < -0.4 is 0 Å². The molecule has 1 aliphatic carbocycles. The first-order valence-electron chi connectivity index (χ1n) is 4.46. The first-order chi connectivity index (χ1) is 6.75. The number of hydrogen-bond acceptors (Lipinski definition) is 2. The van der Waals surface area contributed by atoms with Crippen molar-refractivity contribution < 1.29 is 5.11 Å². The highest BCUT2D eigenvalue weighted by molar-refractivity contribution is 7.80. The molecule has 14 heavy (non-hydrogen) atoms. The molecule has 0 atom stereocenters. The Morgan fingerprint density at radius 2 is 1.79 bits per heavy atom. The van der Waals surface area contributed by atoms with Gasteiger partial charge in [0.25, 0.3) is 0 Å². The Hall–Kier alpha value is -1.41. The fourth-order valence-corrected chi connectivity index (χ4v) is 1.55. The highest BCUT2D eigenvalue weighted by Crippen LogP contribution is 2.22. The second-order valence-electron chi connectivity index (χ2n) is 3.21. The van der Waals surface area contributed by atoms with Crippen LogP contribution >= 0.6 is 12.2 Å². The minimum absolute atomic E-state index is 0.296. The van der Waals surface area contributed by atoms with Crippen LogP contribution in [0.3, 0.4) is 0 Å².